The number of carbonyl (C=O) groups excluding carboxylic acids is 3. The molecule has 0 radical (unpaired) electrons. The van der Waals surface area contributed by atoms with Gasteiger partial charge in [-0.25, -0.2) is 4.79 Å². The number of rotatable bonds is 4. The zero-order chi connectivity index (χ0) is 20.8. The Kier molecular flexibility index (Phi) is 6.87. The van der Waals surface area contributed by atoms with E-state index in [1.807, 2.05) is 12.1 Å². The van der Waals surface area contributed by atoms with Crippen LogP contribution in [0.3, 0.4) is 0 Å². The zero-order valence-corrected chi connectivity index (χ0v) is 17.6. The van der Waals surface area contributed by atoms with Crippen molar-refractivity contribution in [3.8, 4) is 5.75 Å². The summed E-state index contributed by atoms with van der Waals surface area (Å²) in [4.78, 5) is 40.1. The van der Waals surface area contributed by atoms with Crippen LogP contribution in [0.25, 0.3) is 0 Å². The molecule has 0 bridgehead atoms. The normalized spacial score (nSPS) is 13.7. The van der Waals surface area contributed by atoms with Crippen LogP contribution in [0.1, 0.15) is 27.6 Å². The first kappa shape index (κ1) is 20.9. The minimum absolute atomic E-state index is 0.0370. The van der Waals surface area contributed by atoms with Crippen molar-refractivity contribution >= 4 is 33.9 Å². The lowest BCUT2D eigenvalue weighted by molar-refractivity contribution is 0.0535. The van der Waals surface area contributed by atoms with Crippen molar-refractivity contribution in [1.29, 1.82) is 0 Å². The summed E-state index contributed by atoms with van der Waals surface area (Å²) in [6.07, 6.45) is -0.780. The molecule has 0 aromatic heterocycles. The van der Waals surface area contributed by atoms with Gasteiger partial charge in [0.1, 0.15) is 5.75 Å². The average Bonchev–Trinajstić information content (AvgIpc) is 2.74. The molecule has 0 saturated carbocycles. The highest BCUT2D eigenvalue weighted by atomic mass is 79.9. The van der Waals surface area contributed by atoms with Gasteiger partial charge in [0.15, 0.2) is 0 Å². The summed E-state index contributed by atoms with van der Waals surface area (Å²) in [6, 6.07) is 13.6. The molecule has 0 N–H and O–H groups in total. The van der Waals surface area contributed by atoms with Gasteiger partial charge < -0.3 is 19.3 Å². The third kappa shape index (κ3) is 5.35. The predicted octanol–water partition coefficient (Wildman–Crippen LogP) is 3.58. The van der Waals surface area contributed by atoms with Gasteiger partial charge >= 0.3 is 6.16 Å². The van der Waals surface area contributed by atoms with Crippen molar-refractivity contribution < 1.29 is 23.9 Å². The zero-order valence-electron chi connectivity index (χ0n) is 16.0. The van der Waals surface area contributed by atoms with E-state index >= 15 is 0 Å². The largest absolute Gasteiger partial charge is 0.513 e. The van der Waals surface area contributed by atoms with Crippen molar-refractivity contribution in [2.24, 2.45) is 0 Å². The van der Waals surface area contributed by atoms with E-state index in [4.69, 9.17) is 9.47 Å². The first-order chi connectivity index (χ1) is 14.0. The van der Waals surface area contributed by atoms with E-state index in [0.29, 0.717) is 43.1 Å². The van der Waals surface area contributed by atoms with Gasteiger partial charge in [-0.3, -0.25) is 9.59 Å². The molecule has 152 valence electrons. The highest BCUT2D eigenvalue weighted by Gasteiger charge is 2.25. The number of amides is 2. The standard InChI is InChI=1S/C21H21BrN2O5/c1-2-28-21(27)29-18-9-5-16(6-10-18)20(26)24-13-11-23(12-14-24)19(25)15-3-7-17(22)8-4-15/h3-10H,2,11-14H2,1H3. The molecular formula is C21H21BrN2O5. The fourth-order valence-corrected chi connectivity index (χ4v) is 3.24. The van der Waals surface area contributed by atoms with Gasteiger partial charge in [0.05, 0.1) is 6.61 Å². The van der Waals surface area contributed by atoms with Gasteiger partial charge in [0.2, 0.25) is 0 Å². The number of halogens is 1. The molecule has 1 saturated heterocycles. The average molecular weight is 461 g/mol. The third-order valence-electron chi connectivity index (χ3n) is 4.51. The minimum Gasteiger partial charge on any atom is -0.434 e. The Morgan fingerprint density at radius 1 is 0.828 bits per heavy atom. The summed E-state index contributed by atoms with van der Waals surface area (Å²) in [5.74, 6) is 0.151. The van der Waals surface area contributed by atoms with Crippen LogP contribution in [0, 0.1) is 0 Å². The van der Waals surface area contributed by atoms with Crippen LogP contribution in [-0.4, -0.2) is 60.6 Å². The highest BCUT2D eigenvalue weighted by Crippen LogP contribution is 2.17. The van der Waals surface area contributed by atoms with Gasteiger partial charge in [-0.1, -0.05) is 15.9 Å². The molecule has 2 amide bonds. The number of benzene rings is 2. The summed E-state index contributed by atoms with van der Waals surface area (Å²) >= 11 is 3.36. The Labute approximate surface area is 177 Å². The molecule has 1 aliphatic heterocycles. The monoisotopic (exact) mass is 460 g/mol. The quantitative estimate of drug-likeness (QED) is 0.514. The molecule has 0 spiro atoms. The van der Waals surface area contributed by atoms with Gasteiger partial charge in [-0.15, -0.1) is 0 Å². The number of nitrogens with zero attached hydrogens (tertiary/aromatic N) is 2. The van der Waals surface area contributed by atoms with Crippen LogP contribution < -0.4 is 4.74 Å². The number of hydrogen-bond acceptors (Lipinski definition) is 5. The van der Waals surface area contributed by atoms with E-state index in [1.54, 1.807) is 53.1 Å². The Balaban J connectivity index is 1.55. The maximum absolute atomic E-state index is 12.7. The fraction of sp³-hybridized carbons (Fsp3) is 0.286. The van der Waals surface area contributed by atoms with Gasteiger partial charge in [0, 0.05) is 41.8 Å². The van der Waals surface area contributed by atoms with E-state index in [1.165, 1.54) is 0 Å². The second-order valence-corrected chi connectivity index (χ2v) is 7.32. The lowest BCUT2D eigenvalue weighted by atomic mass is 10.1. The Hall–Kier alpha value is -2.87. The Morgan fingerprint density at radius 2 is 1.28 bits per heavy atom. The highest BCUT2D eigenvalue weighted by molar-refractivity contribution is 9.10. The summed E-state index contributed by atoms with van der Waals surface area (Å²) in [7, 11) is 0. The maximum atomic E-state index is 12.7. The summed E-state index contributed by atoms with van der Waals surface area (Å²) in [6.45, 7) is 3.79. The lowest BCUT2D eigenvalue weighted by Crippen LogP contribution is -2.50. The van der Waals surface area contributed by atoms with Crippen LogP contribution in [0.5, 0.6) is 5.75 Å². The lowest BCUT2D eigenvalue weighted by Gasteiger charge is -2.35. The molecule has 2 aromatic rings. The van der Waals surface area contributed by atoms with E-state index in [0.717, 1.165) is 4.47 Å². The van der Waals surface area contributed by atoms with Gasteiger partial charge in [-0.2, -0.15) is 0 Å². The van der Waals surface area contributed by atoms with E-state index < -0.39 is 6.16 Å². The minimum atomic E-state index is -0.780. The molecule has 3 rings (SSSR count). The summed E-state index contributed by atoms with van der Waals surface area (Å²) < 4.78 is 10.6. The molecule has 0 unspecified atom stereocenters. The molecule has 2 aromatic carbocycles. The molecular weight excluding hydrogens is 440 g/mol. The van der Waals surface area contributed by atoms with Crippen LogP contribution in [0.2, 0.25) is 0 Å². The van der Waals surface area contributed by atoms with E-state index in [9.17, 15) is 14.4 Å². The van der Waals surface area contributed by atoms with Crippen molar-refractivity contribution in [3.63, 3.8) is 0 Å². The third-order valence-corrected chi connectivity index (χ3v) is 5.04. The fourth-order valence-electron chi connectivity index (χ4n) is 2.98. The summed E-state index contributed by atoms with van der Waals surface area (Å²) in [5, 5.41) is 0. The van der Waals surface area contributed by atoms with Crippen molar-refractivity contribution in [1.82, 2.24) is 9.80 Å². The molecule has 29 heavy (non-hydrogen) atoms. The van der Waals surface area contributed by atoms with E-state index in [-0.39, 0.29) is 18.4 Å². The van der Waals surface area contributed by atoms with Crippen molar-refractivity contribution in [2.75, 3.05) is 32.8 Å². The van der Waals surface area contributed by atoms with Gasteiger partial charge in [-0.05, 0) is 55.5 Å². The second-order valence-electron chi connectivity index (χ2n) is 6.40. The molecule has 8 heteroatoms. The topological polar surface area (TPSA) is 76.2 Å². The van der Waals surface area contributed by atoms with Crippen molar-refractivity contribution in [3.05, 3.63) is 64.1 Å². The maximum Gasteiger partial charge on any atom is 0.513 e. The molecule has 1 aliphatic rings. The second kappa shape index (κ2) is 9.56. The van der Waals surface area contributed by atoms with Crippen LogP contribution in [0.4, 0.5) is 4.79 Å². The first-order valence-electron chi connectivity index (χ1n) is 9.26. The Bertz CT molecular complexity index is 875. The number of carbonyl (C=O) groups is 3. The first-order valence-corrected chi connectivity index (χ1v) is 10.1. The predicted molar refractivity (Wildman–Crippen MR) is 110 cm³/mol. The van der Waals surface area contributed by atoms with Crippen molar-refractivity contribution in [2.45, 2.75) is 6.92 Å². The van der Waals surface area contributed by atoms with Crippen LogP contribution >= 0.6 is 15.9 Å². The van der Waals surface area contributed by atoms with Gasteiger partial charge in [0.25, 0.3) is 11.8 Å². The smallest absolute Gasteiger partial charge is 0.434 e. The molecule has 0 atom stereocenters. The van der Waals surface area contributed by atoms with E-state index in [2.05, 4.69) is 15.9 Å². The molecule has 0 aliphatic carbocycles. The summed E-state index contributed by atoms with van der Waals surface area (Å²) in [5.41, 5.74) is 1.12. The number of piperazine rings is 1. The number of ether oxygens (including phenoxy) is 2. The van der Waals surface area contributed by atoms with Crippen LogP contribution in [-0.2, 0) is 4.74 Å². The SMILES string of the molecule is CCOC(=O)Oc1ccc(C(=O)N2CCN(C(=O)c3ccc(Br)cc3)CC2)cc1. The number of hydrogen-bond donors (Lipinski definition) is 0. The molecule has 7 nitrogen and oxygen atoms in total. The van der Waals surface area contributed by atoms with Crippen LogP contribution in [0.15, 0.2) is 53.0 Å². The molecule has 1 heterocycles. The Morgan fingerprint density at radius 3 is 1.72 bits per heavy atom. The molecule has 1 fully saturated rings.